The van der Waals surface area contributed by atoms with Gasteiger partial charge in [0, 0.05) is 13.1 Å². The predicted octanol–water partition coefficient (Wildman–Crippen LogP) is 7.91. The summed E-state index contributed by atoms with van der Waals surface area (Å²) in [7, 11) is -2.36. The fourth-order valence-electron chi connectivity index (χ4n) is 5.64. The highest BCUT2D eigenvalue weighted by molar-refractivity contribution is 7.89. The highest BCUT2D eigenvalue weighted by Crippen LogP contribution is 2.32. The number of nitrogens with zero attached hydrogens (tertiary/aromatic N) is 1. The van der Waals surface area contributed by atoms with Gasteiger partial charge in [0.25, 0.3) is 0 Å². The molecule has 214 valence electrons. The lowest BCUT2D eigenvalue weighted by Gasteiger charge is -2.27. The van der Waals surface area contributed by atoms with E-state index in [0.717, 1.165) is 34.2 Å². The molecule has 1 fully saturated rings. The molecule has 3 aromatic rings. The third-order valence-electron chi connectivity index (χ3n) is 8.15. The van der Waals surface area contributed by atoms with Crippen LogP contribution >= 0.6 is 0 Å². The normalized spacial score (nSPS) is 14.8. The van der Waals surface area contributed by atoms with Crippen LogP contribution in [0.3, 0.4) is 0 Å². The van der Waals surface area contributed by atoms with E-state index in [1.54, 1.807) is 22.5 Å². The van der Waals surface area contributed by atoms with Crippen molar-refractivity contribution in [2.75, 3.05) is 13.7 Å². The molecule has 0 aromatic heterocycles. The third kappa shape index (κ3) is 7.02. The monoisotopic (exact) mass is 561 g/mol. The summed E-state index contributed by atoms with van der Waals surface area (Å²) >= 11 is 0. The van der Waals surface area contributed by atoms with E-state index in [9.17, 15) is 13.2 Å². The largest absolute Gasteiger partial charge is 0.465 e. The van der Waals surface area contributed by atoms with Crippen LogP contribution in [-0.2, 0) is 26.7 Å². The highest BCUT2D eigenvalue weighted by atomic mass is 32.2. The smallest absolute Gasteiger partial charge is 0.338 e. The summed E-state index contributed by atoms with van der Waals surface area (Å²) in [6, 6.07) is 20.8. The van der Waals surface area contributed by atoms with Crippen molar-refractivity contribution in [2.45, 2.75) is 83.1 Å². The lowest BCUT2D eigenvalue weighted by Crippen LogP contribution is -2.33. The van der Waals surface area contributed by atoms with Gasteiger partial charge < -0.3 is 4.74 Å². The molecule has 0 amide bonds. The van der Waals surface area contributed by atoms with Crippen molar-refractivity contribution in [1.29, 1.82) is 0 Å². The number of benzene rings is 3. The number of carbonyl (C=O) groups is 1. The Balaban J connectivity index is 1.71. The number of esters is 1. The lowest BCUT2D eigenvalue weighted by atomic mass is 9.87. The van der Waals surface area contributed by atoms with Crippen molar-refractivity contribution in [3.05, 3.63) is 89.0 Å². The predicted molar refractivity (Wildman–Crippen MR) is 162 cm³/mol. The van der Waals surface area contributed by atoms with Gasteiger partial charge in [-0.2, -0.15) is 4.31 Å². The molecule has 0 radical (unpaired) electrons. The van der Waals surface area contributed by atoms with Gasteiger partial charge in [-0.15, -0.1) is 0 Å². The number of rotatable bonds is 9. The number of hydrogen-bond donors (Lipinski definition) is 0. The number of carbonyl (C=O) groups excluding carboxylic acids is 1. The van der Waals surface area contributed by atoms with Crippen LogP contribution in [0, 0.1) is 12.8 Å². The average molecular weight is 562 g/mol. The fraction of sp³-hybridized carbons (Fsp3) is 0.441. The summed E-state index contributed by atoms with van der Waals surface area (Å²) in [4.78, 5) is 13.0. The van der Waals surface area contributed by atoms with Crippen molar-refractivity contribution in [3.8, 4) is 11.1 Å². The minimum absolute atomic E-state index is 0.0592. The van der Waals surface area contributed by atoms with Crippen LogP contribution in [0.2, 0.25) is 0 Å². The van der Waals surface area contributed by atoms with Crippen LogP contribution in [0.25, 0.3) is 11.1 Å². The summed E-state index contributed by atoms with van der Waals surface area (Å²) in [5.41, 5.74) is 5.06. The second-order valence-electron chi connectivity index (χ2n) is 12.1. The first kappa shape index (κ1) is 30.0. The molecule has 6 heteroatoms. The van der Waals surface area contributed by atoms with E-state index < -0.39 is 16.0 Å². The number of hydrogen-bond acceptors (Lipinski definition) is 4. The van der Waals surface area contributed by atoms with Crippen LogP contribution in [-0.4, -0.2) is 32.3 Å². The second-order valence-corrected chi connectivity index (χ2v) is 14.0. The molecule has 0 unspecified atom stereocenters. The van der Waals surface area contributed by atoms with E-state index >= 15 is 0 Å². The third-order valence-corrected chi connectivity index (χ3v) is 10.0. The first-order chi connectivity index (χ1) is 19.0. The summed E-state index contributed by atoms with van der Waals surface area (Å²) in [6.07, 6.45) is 6.90. The lowest BCUT2D eigenvalue weighted by molar-refractivity contribution is 0.0601. The van der Waals surface area contributed by atoms with Crippen molar-refractivity contribution in [3.63, 3.8) is 0 Å². The molecule has 0 spiro atoms. The Bertz CT molecular complexity index is 1420. The molecule has 5 nitrogen and oxygen atoms in total. The molecule has 1 aliphatic rings. The highest BCUT2D eigenvalue weighted by Gasteiger charge is 2.27. The Hall–Kier alpha value is -2.96. The molecular formula is C34H43NO4S. The van der Waals surface area contributed by atoms with Gasteiger partial charge in [0.2, 0.25) is 10.0 Å². The van der Waals surface area contributed by atoms with E-state index in [-0.39, 0.29) is 12.0 Å². The quantitative estimate of drug-likeness (QED) is 0.249. The first-order valence-electron chi connectivity index (χ1n) is 14.4. The maximum Gasteiger partial charge on any atom is 0.338 e. The maximum absolute atomic E-state index is 14.1. The minimum Gasteiger partial charge on any atom is -0.465 e. The van der Waals surface area contributed by atoms with Gasteiger partial charge in [0.05, 0.1) is 17.6 Å². The molecule has 1 aliphatic carbocycles. The topological polar surface area (TPSA) is 63.7 Å². The Morgan fingerprint density at radius 3 is 2.23 bits per heavy atom. The van der Waals surface area contributed by atoms with E-state index in [0.29, 0.717) is 22.9 Å². The van der Waals surface area contributed by atoms with Crippen LogP contribution in [0.5, 0.6) is 0 Å². The minimum atomic E-state index is -3.74. The van der Waals surface area contributed by atoms with Gasteiger partial charge in [-0.05, 0) is 76.8 Å². The van der Waals surface area contributed by atoms with Gasteiger partial charge >= 0.3 is 5.97 Å². The second kappa shape index (κ2) is 12.7. The summed E-state index contributed by atoms with van der Waals surface area (Å²) < 4.78 is 34.8. The molecule has 0 N–H and O–H groups in total. The van der Waals surface area contributed by atoms with Crippen LogP contribution in [0.4, 0.5) is 0 Å². The summed E-state index contributed by atoms with van der Waals surface area (Å²) in [5.74, 6) is 0.143. The molecule has 0 atom stereocenters. The van der Waals surface area contributed by atoms with Gasteiger partial charge in [-0.1, -0.05) is 95.3 Å². The number of sulfonamides is 1. The molecule has 4 rings (SSSR count). The summed E-state index contributed by atoms with van der Waals surface area (Å²) in [5, 5.41) is 0. The summed E-state index contributed by atoms with van der Waals surface area (Å²) in [6.45, 7) is 9.07. The zero-order valence-corrected chi connectivity index (χ0v) is 25.4. The fourth-order valence-corrected chi connectivity index (χ4v) is 7.08. The van der Waals surface area contributed by atoms with Crippen molar-refractivity contribution < 1.29 is 17.9 Å². The van der Waals surface area contributed by atoms with Gasteiger partial charge in [-0.25, -0.2) is 13.2 Å². The van der Waals surface area contributed by atoms with Crippen LogP contribution < -0.4 is 0 Å². The molecule has 1 saturated carbocycles. The molecule has 40 heavy (non-hydrogen) atoms. The Labute approximate surface area is 240 Å². The number of aryl methyl sites for hydroxylation is 1. The van der Waals surface area contributed by atoms with Crippen molar-refractivity contribution in [1.82, 2.24) is 4.31 Å². The zero-order valence-electron chi connectivity index (χ0n) is 24.6. The maximum atomic E-state index is 14.1. The Morgan fingerprint density at radius 2 is 1.60 bits per heavy atom. The average Bonchev–Trinajstić information content (AvgIpc) is 2.95. The standard InChI is InChI=1S/C34H43NO4S/c1-25-11-9-10-14-30(25)32-23-27(15-20-31(32)33(36)39-5)24-35(22-21-26-12-7-6-8-13-26)40(37,38)29-18-16-28(17-19-29)34(2,3)4/h9-11,14-20,23,26H,6-8,12-13,21-22,24H2,1-5H3. The Morgan fingerprint density at radius 1 is 0.925 bits per heavy atom. The number of methoxy groups -OCH3 is 1. The Kier molecular flexibility index (Phi) is 9.52. The number of ether oxygens (including phenoxy) is 1. The van der Waals surface area contributed by atoms with Crippen LogP contribution in [0.15, 0.2) is 71.6 Å². The SMILES string of the molecule is COC(=O)c1ccc(CN(CCC2CCCCC2)S(=O)(=O)c2ccc(C(C)(C)C)cc2)cc1-c1ccccc1C. The van der Waals surface area contributed by atoms with E-state index in [1.807, 2.05) is 55.5 Å². The van der Waals surface area contributed by atoms with E-state index in [2.05, 4.69) is 20.8 Å². The van der Waals surface area contributed by atoms with E-state index in [1.165, 1.54) is 39.2 Å². The van der Waals surface area contributed by atoms with Crippen molar-refractivity contribution in [2.24, 2.45) is 5.92 Å². The molecule has 0 bridgehead atoms. The van der Waals surface area contributed by atoms with Crippen LogP contribution in [0.1, 0.15) is 86.3 Å². The van der Waals surface area contributed by atoms with Gasteiger partial charge in [0.1, 0.15) is 0 Å². The molecule has 0 saturated heterocycles. The van der Waals surface area contributed by atoms with Gasteiger partial charge in [-0.3, -0.25) is 0 Å². The molecule has 0 aliphatic heterocycles. The first-order valence-corrected chi connectivity index (χ1v) is 15.8. The van der Waals surface area contributed by atoms with E-state index in [4.69, 9.17) is 4.74 Å². The molecule has 0 heterocycles. The zero-order chi connectivity index (χ0) is 28.9. The molecular weight excluding hydrogens is 518 g/mol. The van der Waals surface area contributed by atoms with Gasteiger partial charge in [0.15, 0.2) is 0 Å². The molecule has 3 aromatic carbocycles. The van der Waals surface area contributed by atoms with Crippen molar-refractivity contribution >= 4 is 16.0 Å².